The van der Waals surface area contributed by atoms with Gasteiger partial charge in [-0.05, 0) is 23.8 Å². The zero-order valence-electron chi connectivity index (χ0n) is 9.32. The van der Waals surface area contributed by atoms with Crippen LogP contribution in [0.5, 0.6) is 0 Å². The van der Waals surface area contributed by atoms with Crippen molar-refractivity contribution in [3.63, 3.8) is 0 Å². The number of hydrogen-bond donors (Lipinski definition) is 1. The number of rotatable bonds is 2. The number of pyridine rings is 1. The SMILES string of the molecule is N#CCc1cc(-c2ccc(Cl)c(Cl)c2)ncc1N. The molecule has 0 saturated carbocycles. The van der Waals surface area contributed by atoms with Crippen LogP contribution in [0.15, 0.2) is 30.5 Å². The van der Waals surface area contributed by atoms with Crippen LogP contribution in [0, 0.1) is 11.3 Å². The van der Waals surface area contributed by atoms with Crippen LogP contribution in [0.3, 0.4) is 0 Å². The van der Waals surface area contributed by atoms with E-state index in [1.165, 1.54) is 0 Å². The van der Waals surface area contributed by atoms with Gasteiger partial charge in [0.05, 0.1) is 40.1 Å². The Balaban J connectivity index is 2.48. The minimum absolute atomic E-state index is 0.253. The van der Waals surface area contributed by atoms with E-state index in [0.29, 0.717) is 21.4 Å². The van der Waals surface area contributed by atoms with E-state index in [1.807, 2.05) is 6.07 Å². The molecule has 0 amide bonds. The Kier molecular flexibility index (Phi) is 3.71. The zero-order valence-corrected chi connectivity index (χ0v) is 10.8. The summed E-state index contributed by atoms with van der Waals surface area (Å²) < 4.78 is 0. The molecule has 1 aromatic carbocycles. The maximum atomic E-state index is 8.72. The highest BCUT2D eigenvalue weighted by molar-refractivity contribution is 6.42. The number of hydrogen-bond acceptors (Lipinski definition) is 3. The largest absolute Gasteiger partial charge is 0.397 e. The van der Waals surface area contributed by atoms with Gasteiger partial charge in [-0.1, -0.05) is 29.3 Å². The van der Waals surface area contributed by atoms with Gasteiger partial charge in [0.2, 0.25) is 0 Å². The first-order chi connectivity index (χ1) is 8.61. The summed E-state index contributed by atoms with van der Waals surface area (Å²) in [5.74, 6) is 0. The predicted octanol–water partition coefficient (Wildman–Crippen LogP) is 3.70. The third-order valence-electron chi connectivity index (χ3n) is 2.51. The summed E-state index contributed by atoms with van der Waals surface area (Å²) in [6.07, 6.45) is 1.80. The van der Waals surface area contributed by atoms with Gasteiger partial charge in [0.15, 0.2) is 0 Å². The van der Waals surface area contributed by atoms with Gasteiger partial charge in [0, 0.05) is 5.56 Å². The van der Waals surface area contributed by atoms with Crippen molar-refractivity contribution in [3.8, 4) is 17.3 Å². The topological polar surface area (TPSA) is 62.7 Å². The van der Waals surface area contributed by atoms with E-state index in [9.17, 15) is 0 Å². The van der Waals surface area contributed by atoms with Gasteiger partial charge in [0.1, 0.15) is 0 Å². The highest BCUT2D eigenvalue weighted by Gasteiger charge is 2.06. The Labute approximate surface area is 115 Å². The lowest BCUT2D eigenvalue weighted by molar-refractivity contribution is 1.22. The van der Waals surface area contributed by atoms with E-state index in [4.69, 9.17) is 34.2 Å². The summed E-state index contributed by atoms with van der Waals surface area (Å²) in [6.45, 7) is 0. The van der Waals surface area contributed by atoms with Crippen molar-refractivity contribution in [2.24, 2.45) is 0 Å². The van der Waals surface area contributed by atoms with Crippen LogP contribution in [-0.2, 0) is 6.42 Å². The maximum Gasteiger partial charge on any atom is 0.0707 e. The van der Waals surface area contributed by atoms with Gasteiger partial charge in [-0.15, -0.1) is 0 Å². The number of nitrogens with zero attached hydrogens (tertiary/aromatic N) is 2. The number of anilines is 1. The Morgan fingerprint density at radius 3 is 2.67 bits per heavy atom. The monoisotopic (exact) mass is 277 g/mol. The smallest absolute Gasteiger partial charge is 0.0707 e. The highest BCUT2D eigenvalue weighted by atomic mass is 35.5. The molecule has 5 heteroatoms. The lowest BCUT2D eigenvalue weighted by atomic mass is 10.1. The molecule has 2 rings (SSSR count). The van der Waals surface area contributed by atoms with Gasteiger partial charge in [-0.3, -0.25) is 4.98 Å². The number of benzene rings is 1. The molecule has 0 aliphatic rings. The standard InChI is InChI=1S/C13H9Cl2N3/c14-10-2-1-9(5-11(10)15)13-6-8(3-4-16)12(17)7-18-13/h1-2,5-7H,3,17H2. The molecule has 0 saturated heterocycles. The van der Waals surface area contributed by atoms with Crippen LogP contribution in [0.1, 0.15) is 5.56 Å². The van der Waals surface area contributed by atoms with Crippen molar-refractivity contribution >= 4 is 28.9 Å². The summed E-state index contributed by atoms with van der Waals surface area (Å²) in [4.78, 5) is 4.23. The Hall–Kier alpha value is -1.76. The predicted molar refractivity (Wildman–Crippen MR) is 73.4 cm³/mol. The van der Waals surface area contributed by atoms with Gasteiger partial charge >= 0.3 is 0 Å². The lowest BCUT2D eigenvalue weighted by Crippen LogP contribution is -1.96. The summed E-state index contributed by atoms with van der Waals surface area (Å²) >= 11 is 11.8. The van der Waals surface area contributed by atoms with Crippen LogP contribution in [-0.4, -0.2) is 4.98 Å². The second kappa shape index (κ2) is 5.26. The fourth-order valence-corrected chi connectivity index (χ4v) is 1.86. The van der Waals surface area contributed by atoms with E-state index in [0.717, 1.165) is 11.1 Å². The third kappa shape index (κ3) is 2.56. The molecule has 0 fully saturated rings. The maximum absolute atomic E-state index is 8.72. The van der Waals surface area contributed by atoms with Crippen molar-refractivity contribution < 1.29 is 0 Å². The van der Waals surface area contributed by atoms with Crippen LogP contribution in [0.4, 0.5) is 5.69 Å². The fraction of sp³-hybridized carbons (Fsp3) is 0.0769. The quantitative estimate of drug-likeness (QED) is 0.910. The summed E-state index contributed by atoms with van der Waals surface area (Å²) in [5, 5.41) is 9.68. The number of nitrogen functional groups attached to an aromatic ring is 1. The average molecular weight is 278 g/mol. The molecule has 0 aliphatic carbocycles. The minimum Gasteiger partial charge on any atom is -0.397 e. The third-order valence-corrected chi connectivity index (χ3v) is 3.25. The van der Waals surface area contributed by atoms with Crippen molar-refractivity contribution in [1.82, 2.24) is 4.98 Å². The Morgan fingerprint density at radius 1 is 1.22 bits per heavy atom. The lowest BCUT2D eigenvalue weighted by Gasteiger charge is -2.06. The molecule has 0 spiro atoms. The molecular weight excluding hydrogens is 269 g/mol. The van der Waals surface area contributed by atoms with Crippen molar-refractivity contribution in [2.75, 3.05) is 5.73 Å². The number of aromatic nitrogens is 1. The molecule has 1 heterocycles. The van der Waals surface area contributed by atoms with Gasteiger partial charge in [0.25, 0.3) is 0 Å². The summed E-state index contributed by atoms with van der Waals surface area (Å²) in [6, 6.07) is 9.13. The van der Waals surface area contributed by atoms with E-state index >= 15 is 0 Å². The molecule has 0 aliphatic heterocycles. The summed E-state index contributed by atoms with van der Waals surface area (Å²) in [5.41, 5.74) is 8.57. The van der Waals surface area contributed by atoms with E-state index in [-0.39, 0.29) is 6.42 Å². The molecule has 3 nitrogen and oxygen atoms in total. The molecule has 18 heavy (non-hydrogen) atoms. The highest BCUT2D eigenvalue weighted by Crippen LogP contribution is 2.28. The van der Waals surface area contributed by atoms with Crippen LogP contribution in [0.25, 0.3) is 11.3 Å². The Bertz CT molecular complexity index is 633. The minimum atomic E-state index is 0.253. The van der Waals surface area contributed by atoms with Crippen LogP contribution in [0.2, 0.25) is 10.0 Å². The van der Waals surface area contributed by atoms with Crippen LogP contribution >= 0.6 is 23.2 Å². The summed E-state index contributed by atoms with van der Waals surface area (Å²) in [7, 11) is 0. The van der Waals surface area contributed by atoms with Crippen molar-refractivity contribution in [3.05, 3.63) is 46.1 Å². The van der Waals surface area contributed by atoms with Gasteiger partial charge in [-0.2, -0.15) is 5.26 Å². The van der Waals surface area contributed by atoms with Crippen LogP contribution < -0.4 is 5.73 Å². The number of nitriles is 1. The van der Waals surface area contributed by atoms with Crippen molar-refractivity contribution in [2.45, 2.75) is 6.42 Å². The molecule has 0 radical (unpaired) electrons. The molecule has 0 atom stereocenters. The molecule has 2 N–H and O–H groups in total. The van der Waals surface area contributed by atoms with Crippen molar-refractivity contribution in [1.29, 1.82) is 5.26 Å². The zero-order chi connectivity index (χ0) is 13.1. The normalized spacial score (nSPS) is 10.1. The second-order valence-corrected chi connectivity index (χ2v) is 4.55. The second-order valence-electron chi connectivity index (χ2n) is 3.73. The molecule has 0 unspecified atom stereocenters. The van der Waals surface area contributed by atoms with E-state index in [2.05, 4.69) is 11.1 Å². The fourth-order valence-electron chi connectivity index (χ4n) is 1.56. The van der Waals surface area contributed by atoms with Gasteiger partial charge in [-0.25, -0.2) is 0 Å². The molecular formula is C13H9Cl2N3. The first-order valence-corrected chi connectivity index (χ1v) is 5.94. The van der Waals surface area contributed by atoms with E-state index in [1.54, 1.807) is 24.4 Å². The molecule has 0 bridgehead atoms. The molecule has 2 aromatic rings. The first kappa shape index (κ1) is 12.7. The Morgan fingerprint density at radius 2 is 2.00 bits per heavy atom. The average Bonchev–Trinajstić information content (AvgIpc) is 2.36. The van der Waals surface area contributed by atoms with Gasteiger partial charge < -0.3 is 5.73 Å². The van der Waals surface area contributed by atoms with E-state index < -0.39 is 0 Å². The number of halogens is 2. The first-order valence-electron chi connectivity index (χ1n) is 5.18. The molecule has 1 aromatic heterocycles. The number of nitrogens with two attached hydrogens (primary N) is 1. The molecule has 90 valence electrons.